The summed E-state index contributed by atoms with van der Waals surface area (Å²) in [6.45, 7) is 1.10. The van der Waals surface area contributed by atoms with Crippen molar-refractivity contribution in [2.24, 2.45) is 5.92 Å². The molecule has 2 aliphatic rings. The molecule has 1 saturated carbocycles. The fraction of sp³-hybridized carbons (Fsp3) is 0.750. The molecule has 0 saturated heterocycles. The highest BCUT2D eigenvalue weighted by Crippen LogP contribution is 2.27. The Morgan fingerprint density at radius 2 is 2.33 bits per heavy atom. The first-order valence-electron chi connectivity index (χ1n) is 3.87. The summed E-state index contributed by atoms with van der Waals surface area (Å²) in [5, 5.41) is 3.49. The number of nitrogens with one attached hydrogen (secondary N) is 1. The first-order chi connectivity index (χ1) is 4.47. The number of hydrogen-bond donors (Lipinski definition) is 1. The Morgan fingerprint density at radius 1 is 1.33 bits per heavy atom. The molecule has 0 aromatic rings. The number of rotatable bonds is 0. The van der Waals surface area contributed by atoms with Gasteiger partial charge in [-0.2, -0.15) is 0 Å². The quantitative estimate of drug-likeness (QED) is 0.479. The molecule has 9 heavy (non-hydrogen) atoms. The van der Waals surface area contributed by atoms with E-state index in [2.05, 4.69) is 17.5 Å². The Hall–Kier alpha value is -0.300. The topological polar surface area (TPSA) is 12.0 Å². The van der Waals surface area contributed by atoms with E-state index in [1.807, 2.05) is 0 Å². The van der Waals surface area contributed by atoms with Gasteiger partial charge in [0.25, 0.3) is 0 Å². The van der Waals surface area contributed by atoms with Crippen LogP contribution in [0.1, 0.15) is 19.3 Å². The van der Waals surface area contributed by atoms with Gasteiger partial charge in [0, 0.05) is 12.6 Å². The second-order valence-electron chi connectivity index (χ2n) is 3.04. The fourth-order valence-electron chi connectivity index (χ4n) is 1.93. The van der Waals surface area contributed by atoms with Gasteiger partial charge < -0.3 is 5.32 Å². The van der Waals surface area contributed by atoms with Crippen LogP contribution in [0.2, 0.25) is 0 Å². The Balaban J connectivity index is 2.10. The van der Waals surface area contributed by atoms with Crippen LogP contribution in [0.5, 0.6) is 0 Å². The Labute approximate surface area is 56.1 Å². The van der Waals surface area contributed by atoms with Crippen molar-refractivity contribution < 1.29 is 0 Å². The summed E-state index contributed by atoms with van der Waals surface area (Å²) in [7, 11) is 0. The minimum absolute atomic E-state index is 0.829. The zero-order valence-corrected chi connectivity index (χ0v) is 5.64. The van der Waals surface area contributed by atoms with Crippen LogP contribution in [0.25, 0.3) is 0 Å². The lowest BCUT2D eigenvalue weighted by Gasteiger charge is -2.20. The van der Waals surface area contributed by atoms with Gasteiger partial charge in [-0.05, 0) is 18.8 Å². The van der Waals surface area contributed by atoms with E-state index in [4.69, 9.17) is 0 Å². The molecule has 2 unspecified atom stereocenters. The van der Waals surface area contributed by atoms with E-state index in [9.17, 15) is 0 Å². The molecular weight excluding hydrogens is 110 g/mol. The second-order valence-corrected chi connectivity index (χ2v) is 3.04. The molecule has 0 aromatic heterocycles. The van der Waals surface area contributed by atoms with E-state index in [1.165, 1.54) is 19.3 Å². The summed E-state index contributed by atoms with van der Waals surface area (Å²) in [5.74, 6) is 0.874. The lowest BCUT2D eigenvalue weighted by Crippen LogP contribution is -2.34. The number of fused-ring (bicyclic) bond motifs is 1. The molecule has 1 aliphatic heterocycles. The zero-order chi connectivity index (χ0) is 6.10. The van der Waals surface area contributed by atoms with Crippen molar-refractivity contribution in [2.45, 2.75) is 25.3 Å². The molecule has 2 atom stereocenters. The minimum Gasteiger partial charge on any atom is -0.310 e. The third kappa shape index (κ3) is 0.897. The largest absolute Gasteiger partial charge is 0.310 e. The fourth-order valence-corrected chi connectivity index (χ4v) is 1.93. The molecule has 50 valence electrons. The SMILES string of the molecule is C1=CC2CCCC2NC1. The highest BCUT2D eigenvalue weighted by Gasteiger charge is 2.25. The van der Waals surface area contributed by atoms with E-state index in [1.54, 1.807) is 0 Å². The summed E-state index contributed by atoms with van der Waals surface area (Å²) >= 11 is 0. The molecule has 0 aromatic carbocycles. The van der Waals surface area contributed by atoms with Gasteiger partial charge in [-0.15, -0.1) is 0 Å². The van der Waals surface area contributed by atoms with Crippen LogP contribution >= 0.6 is 0 Å². The molecule has 1 nitrogen and oxygen atoms in total. The van der Waals surface area contributed by atoms with Crippen LogP contribution in [0, 0.1) is 5.92 Å². The lowest BCUT2D eigenvalue weighted by molar-refractivity contribution is 0.461. The average molecular weight is 123 g/mol. The van der Waals surface area contributed by atoms with Gasteiger partial charge in [-0.3, -0.25) is 0 Å². The molecule has 1 fully saturated rings. The Bertz CT molecular complexity index is 129. The van der Waals surface area contributed by atoms with E-state index >= 15 is 0 Å². The van der Waals surface area contributed by atoms with E-state index in [0.717, 1.165) is 18.5 Å². The van der Waals surface area contributed by atoms with Crippen molar-refractivity contribution in [1.82, 2.24) is 5.32 Å². The van der Waals surface area contributed by atoms with E-state index < -0.39 is 0 Å². The molecule has 2 rings (SSSR count). The van der Waals surface area contributed by atoms with Crippen molar-refractivity contribution in [2.75, 3.05) is 6.54 Å². The highest BCUT2D eigenvalue weighted by molar-refractivity contribution is 5.03. The van der Waals surface area contributed by atoms with Gasteiger partial charge in [0.2, 0.25) is 0 Å². The number of hydrogen-bond acceptors (Lipinski definition) is 1. The van der Waals surface area contributed by atoms with Crippen LogP contribution in [0.4, 0.5) is 0 Å². The van der Waals surface area contributed by atoms with Gasteiger partial charge in [0.15, 0.2) is 0 Å². The molecule has 1 N–H and O–H groups in total. The molecule has 0 amide bonds. The van der Waals surface area contributed by atoms with Crippen molar-refractivity contribution in [3.8, 4) is 0 Å². The van der Waals surface area contributed by atoms with Gasteiger partial charge in [0.1, 0.15) is 0 Å². The smallest absolute Gasteiger partial charge is 0.0137 e. The van der Waals surface area contributed by atoms with Crippen LogP contribution in [-0.4, -0.2) is 12.6 Å². The Kier molecular flexibility index (Phi) is 1.31. The van der Waals surface area contributed by atoms with Crippen LogP contribution in [0.15, 0.2) is 12.2 Å². The summed E-state index contributed by atoms with van der Waals surface area (Å²) in [4.78, 5) is 0. The highest BCUT2D eigenvalue weighted by atomic mass is 14.9. The van der Waals surface area contributed by atoms with Gasteiger partial charge in [-0.25, -0.2) is 0 Å². The first-order valence-corrected chi connectivity index (χ1v) is 3.87. The van der Waals surface area contributed by atoms with E-state index in [-0.39, 0.29) is 0 Å². The predicted molar refractivity (Wildman–Crippen MR) is 38.3 cm³/mol. The summed E-state index contributed by atoms with van der Waals surface area (Å²) in [5.41, 5.74) is 0. The van der Waals surface area contributed by atoms with Crippen molar-refractivity contribution in [3.05, 3.63) is 12.2 Å². The normalized spacial score (nSPS) is 40.9. The van der Waals surface area contributed by atoms with E-state index in [0.29, 0.717) is 0 Å². The van der Waals surface area contributed by atoms with Crippen molar-refractivity contribution >= 4 is 0 Å². The molecular formula is C8H13N. The molecule has 1 aliphatic carbocycles. The Morgan fingerprint density at radius 3 is 3.22 bits per heavy atom. The third-order valence-corrected chi connectivity index (χ3v) is 2.45. The van der Waals surface area contributed by atoms with Gasteiger partial charge in [0.05, 0.1) is 0 Å². The summed E-state index contributed by atoms with van der Waals surface area (Å²) in [6, 6.07) is 0.829. The predicted octanol–water partition coefficient (Wildman–Crippen LogP) is 1.31. The maximum Gasteiger partial charge on any atom is 0.0137 e. The summed E-state index contributed by atoms with van der Waals surface area (Å²) in [6.07, 6.45) is 8.87. The lowest BCUT2D eigenvalue weighted by atomic mass is 10.0. The second kappa shape index (κ2) is 2.14. The van der Waals surface area contributed by atoms with Crippen LogP contribution in [0.3, 0.4) is 0 Å². The first kappa shape index (κ1) is 5.48. The van der Waals surface area contributed by atoms with Gasteiger partial charge >= 0.3 is 0 Å². The maximum absolute atomic E-state index is 3.49. The minimum atomic E-state index is 0.829. The monoisotopic (exact) mass is 123 g/mol. The third-order valence-electron chi connectivity index (χ3n) is 2.45. The summed E-state index contributed by atoms with van der Waals surface area (Å²) < 4.78 is 0. The zero-order valence-electron chi connectivity index (χ0n) is 5.64. The van der Waals surface area contributed by atoms with Crippen LogP contribution < -0.4 is 5.32 Å². The molecule has 0 spiro atoms. The maximum atomic E-state index is 3.49. The molecule has 1 heterocycles. The van der Waals surface area contributed by atoms with Crippen molar-refractivity contribution in [1.29, 1.82) is 0 Å². The molecule has 1 heteroatoms. The van der Waals surface area contributed by atoms with Crippen LogP contribution in [-0.2, 0) is 0 Å². The molecule has 0 radical (unpaired) electrons. The van der Waals surface area contributed by atoms with Crippen molar-refractivity contribution in [3.63, 3.8) is 0 Å². The average Bonchev–Trinajstić information content (AvgIpc) is 2.33. The molecule has 0 bridgehead atoms. The standard InChI is InChI=1S/C8H13N/c1-3-7-4-2-6-9-8(7)5-1/h2,4,7-9H,1,3,5-6H2. The van der Waals surface area contributed by atoms with Gasteiger partial charge in [-0.1, -0.05) is 18.6 Å².